The Balaban J connectivity index is 1.55. The van der Waals surface area contributed by atoms with Gasteiger partial charge in [-0.2, -0.15) is 0 Å². The molecule has 0 aromatic carbocycles. The van der Waals surface area contributed by atoms with Gasteiger partial charge in [0, 0.05) is 19.5 Å². The highest BCUT2D eigenvalue weighted by molar-refractivity contribution is 5.93. The van der Waals surface area contributed by atoms with E-state index in [9.17, 15) is 9.59 Å². The number of nitrogens with zero attached hydrogens (tertiary/aromatic N) is 4. The molecule has 2 fully saturated rings. The molecule has 8 nitrogen and oxygen atoms in total. The van der Waals surface area contributed by atoms with E-state index >= 15 is 0 Å². The molecule has 0 radical (unpaired) electrons. The van der Waals surface area contributed by atoms with Crippen LogP contribution in [-0.2, 0) is 27.3 Å². The highest BCUT2D eigenvalue weighted by Gasteiger charge is 2.67. The van der Waals surface area contributed by atoms with E-state index in [1.54, 1.807) is 4.90 Å². The van der Waals surface area contributed by atoms with Crippen molar-refractivity contribution in [1.82, 2.24) is 20.0 Å². The molecule has 1 spiro atoms. The summed E-state index contributed by atoms with van der Waals surface area (Å²) in [5.41, 5.74) is -0.691. The summed E-state index contributed by atoms with van der Waals surface area (Å²) >= 11 is 0. The average Bonchev–Trinajstić information content (AvgIpc) is 3.39. The Labute approximate surface area is 171 Å². The fraction of sp³-hybridized carbons (Fsp3) is 0.714. The summed E-state index contributed by atoms with van der Waals surface area (Å²) in [4.78, 5) is 30.3. The van der Waals surface area contributed by atoms with Crippen LogP contribution in [-0.4, -0.2) is 63.2 Å². The number of carbonyl (C=O) groups excluding carboxylic acids is 2. The Hall–Kier alpha value is -2.22. The lowest BCUT2D eigenvalue weighted by molar-refractivity contribution is -0.144. The van der Waals surface area contributed by atoms with Gasteiger partial charge in [-0.15, -0.1) is 10.2 Å². The number of aromatic nitrogens is 2. The maximum absolute atomic E-state index is 13.5. The summed E-state index contributed by atoms with van der Waals surface area (Å²) in [5, 5.41) is 8.01. The van der Waals surface area contributed by atoms with Gasteiger partial charge in [-0.05, 0) is 12.3 Å². The Bertz CT molecular complexity index is 842. The van der Waals surface area contributed by atoms with Crippen LogP contribution in [0, 0.1) is 17.3 Å². The van der Waals surface area contributed by atoms with E-state index in [0.29, 0.717) is 37.8 Å². The van der Waals surface area contributed by atoms with Gasteiger partial charge in [-0.3, -0.25) is 9.59 Å². The second-order valence-electron chi connectivity index (χ2n) is 9.45. The van der Waals surface area contributed by atoms with Gasteiger partial charge >= 0.3 is 0 Å². The summed E-state index contributed by atoms with van der Waals surface area (Å²) in [6.45, 7) is 12.1. The van der Waals surface area contributed by atoms with Crippen LogP contribution in [0.25, 0.3) is 0 Å². The number of hydrogen-bond donors (Lipinski definition) is 0. The zero-order chi connectivity index (χ0) is 21.0. The number of amides is 2. The molecule has 2 amide bonds. The molecule has 3 aliphatic heterocycles. The van der Waals surface area contributed by atoms with Crippen LogP contribution in [0.3, 0.4) is 0 Å². The molecule has 1 aromatic rings. The van der Waals surface area contributed by atoms with E-state index in [1.807, 2.05) is 30.9 Å². The van der Waals surface area contributed by atoms with Crippen LogP contribution >= 0.6 is 0 Å². The van der Waals surface area contributed by atoms with Gasteiger partial charge in [0.25, 0.3) is 0 Å². The molecule has 8 heteroatoms. The average molecular weight is 402 g/mol. The number of rotatable bonds is 6. The molecule has 0 unspecified atom stereocenters. The van der Waals surface area contributed by atoms with Crippen molar-refractivity contribution in [2.45, 2.75) is 59.3 Å². The van der Waals surface area contributed by atoms with E-state index < -0.39 is 17.4 Å². The van der Waals surface area contributed by atoms with Crippen LogP contribution < -0.4 is 0 Å². The Morgan fingerprint density at radius 2 is 2.03 bits per heavy atom. The van der Waals surface area contributed by atoms with E-state index in [4.69, 9.17) is 9.15 Å². The summed E-state index contributed by atoms with van der Waals surface area (Å²) < 4.78 is 11.8. The first kappa shape index (κ1) is 20.1. The van der Waals surface area contributed by atoms with Crippen molar-refractivity contribution in [2.75, 3.05) is 19.6 Å². The number of ether oxygens (including phenoxy) is 1. The first-order valence-corrected chi connectivity index (χ1v) is 10.4. The molecule has 2 bridgehead atoms. The lowest BCUT2D eigenvalue weighted by Crippen LogP contribution is -2.46. The predicted molar refractivity (Wildman–Crippen MR) is 105 cm³/mol. The quantitative estimate of drug-likeness (QED) is 0.674. The van der Waals surface area contributed by atoms with E-state index in [0.717, 1.165) is 0 Å². The van der Waals surface area contributed by atoms with Crippen LogP contribution in [0.2, 0.25) is 0 Å². The summed E-state index contributed by atoms with van der Waals surface area (Å²) in [5.74, 6) is -0.0691. The van der Waals surface area contributed by atoms with E-state index in [1.165, 1.54) is 0 Å². The molecule has 4 rings (SSSR count). The number of likely N-dealkylation sites (tertiary alicyclic amines) is 1. The second-order valence-corrected chi connectivity index (χ2v) is 9.45. The minimum Gasteiger partial charge on any atom is -0.423 e. The smallest absolute Gasteiger partial charge is 0.235 e. The van der Waals surface area contributed by atoms with Gasteiger partial charge in [0.15, 0.2) is 0 Å². The Morgan fingerprint density at radius 3 is 2.66 bits per heavy atom. The van der Waals surface area contributed by atoms with Gasteiger partial charge < -0.3 is 19.0 Å². The lowest BCUT2D eigenvalue weighted by atomic mass is 9.76. The zero-order valence-corrected chi connectivity index (χ0v) is 17.8. The van der Waals surface area contributed by atoms with Crippen molar-refractivity contribution in [3.05, 3.63) is 23.9 Å². The van der Waals surface area contributed by atoms with Crippen molar-refractivity contribution in [3.8, 4) is 0 Å². The topological polar surface area (TPSA) is 88.8 Å². The SMILES string of the molecule is CCc1nnc(CN(CC)C(=O)[C@@H]2[C@@H]3C=C[C@@]4(CN(CC(C)(C)C)C(=O)[C@@H]24)O3)o1. The largest absolute Gasteiger partial charge is 0.423 e. The summed E-state index contributed by atoms with van der Waals surface area (Å²) in [6.07, 6.45) is 4.24. The third-order valence-corrected chi connectivity index (χ3v) is 5.96. The molecule has 0 saturated carbocycles. The molecule has 158 valence electrons. The number of aryl methyl sites for hydroxylation is 1. The first-order valence-electron chi connectivity index (χ1n) is 10.4. The van der Waals surface area contributed by atoms with Gasteiger partial charge in [0.1, 0.15) is 5.60 Å². The highest BCUT2D eigenvalue weighted by atomic mass is 16.5. The fourth-order valence-corrected chi connectivity index (χ4v) is 4.78. The van der Waals surface area contributed by atoms with Crippen LogP contribution in [0.5, 0.6) is 0 Å². The number of carbonyl (C=O) groups is 2. The van der Waals surface area contributed by atoms with Gasteiger partial charge in [-0.1, -0.05) is 39.8 Å². The molecule has 4 heterocycles. The predicted octanol–water partition coefficient (Wildman–Crippen LogP) is 1.81. The summed E-state index contributed by atoms with van der Waals surface area (Å²) in [6, 6.07) is 0. The maximum atomic E-state index is 13.5. The van der Waals surface area contributed by atoms with E-state index in [2.05, 4.69) is 31.0 Å². The summed E-state index contributed by atoms with van der Waals surface area (Å²) in [7, 11) is 0. The first-order chi connectivity index (χ1) is 13.7. The van der Waals surface area contributed by atoms with Gasteiger partial charge in [0.05, 0.1) is 31.0 Å². The molecule has 0 aliphatic carbocycles. The maximum Gasteiger partial charge on any atom is 0.235 e. The third kappa shape index (κ3) is 3.37. The van der Waals surface area contributed by atoms with Crippen LogP contribution in [0.4, 0.5) is 0 Å². The molecule has 0 N–H and O–H groups in total. The van der Waals surface area contributed by atoms with Crippen LogP contribution in [0.1, 0.15) is 46.4 Å². The Kier molecular flexibility index (Phi) is 4.80. The monoisotopic (exact) mass is 402 g/mol. The van der Waals surface area contributed by atoms with E-state index in [-0.39, 0.29) is 29.9 Å². The minimum absolute atomic E-state index is 0.0173. The van der Waals surface area contributed by atoms with Crippen molar-refractivity contribution >= 4 is 11.8 Å². The van der Waals surface area contributed by atoms with Crippen molar-refractivity contribution in [2.24, 2.45) is 17.3 Å². The third-order valence-electron chi connectivity index (χ3n) is 5.96. The molecule has 2 saturated heterocycles. The van der Waals surface area contributed by atoms with Gasteiger partial charge in [-0.25, -0.2) is 0 Å². The zero-order valence-electron chi connectivity index (χ0n) is 17.8. The molecular weight excluding hydrogens is 372 g/mol. The van der Waals surface area contributed by atoms with Crippen LogP contribution in [0.15, 0.2) is 16.6 Å². The normalized spacial score (nSPS) is 30.3. The number of hydrogen-bond acceptors (Lipinski definition) is 6. The molecule has 4 atom stereocenters. The Morgan fingerprint density at radius 1 is 1.31 bits per heavy atom. The fourth-order valence-electron chi connectivity index (χ4n) is 4.78. The lowest BCUT2D eigenvalue weighted by Gasteiger charge is -2.29. The molecular formula is C21H30N4O4. The standard InChI is InChI=1S/C21H30N4O4/c1-6-14-22-23-15(28-14)10-24(7-2)18(26)16-13-8-9-21(29-13)12-25(11-20(3,4)5)19(27)17(16)21/h8-9,13,16-17H,6-7,10-12H2,1-5H3/t13-,16+,17+,21-/m0/s1. The van der Waals surface area contributed by atoms with Crippen molar-refractivity contribution in [3.63, 3.8) is 0 Å². The minimum atomic E-state index is -0.674. The molecule has 29 heavy (non-hydrogen) atoms. The van der Waals surface area contributed by atoms with Gasteiger partial charge in [0.2, 0.25) is 23.6 Å². The number of fused-ring (bicyclic) bond motifs is 1. The molecule has 1 aromatic heterocycles. The van der Waals surface area contributed by atoms with Crippen molar-refractivity contribution < 1.29 is 18.7 Å². The van der Waals surface area contributed by atoms with Crippen molar-refractivity contribution in [1.29, 1.82) is 0 Å². The highest BCUT2D eigenvalue weighted by Crippen LogP contribution is 2.52. The molecule has 3 aliphatic rings. The second kappa shape index (κ2) is 6.93.